The zero-order valence-corrected chi connectivity index (χ0v) is 10.7. The van der Waals surface area contributed by atoms with Crippen molar-refractivity contribution in [1.82, 2.24) is 0 Å². The highest BCUT2D eigenvalue weighted by atomic mass is 79.9. The number of hydrogen-bond donors (Lipinski definition) is 0. The fourth-order valence-corrected chi connectivity index (χ4v) is 3.64. The predicted molar refractivity (Wildman–Crippen MR) is 62.4 cm³/mol. The standard InChI is InChI=1S/C10H13BrFOP/c1-3-14(13,4-2)10-6-5-8(11)7-9(10)12/h5-7H,3-4H2,1-2H3. The van der Waals surface area contributed by atoms with E-state index in [0.29, 0.717) is 22.1 Å². The Balaban J connectivity index is 3.25. The van der Waals surface area contributed by atoms with E-state index in [1.165, 1.54) is 6.07 Å². The van der Waals surface area contributed by atoms with Crippen LogP contribution >= 0.6 is 23.1 Å². The number of hydrogen-bond acceptors (Lipinski definition) is 1. The van der Waals surface area contributed by atoms with Crippen LogP contribution in [0.1, 0.15) is 13.8 Å². The van der Waals surface area contributed by atoms with Crippen molar-refractivity contribution in [2.75, 3.05) is 12.3 Å². The Morgan fingerprint density at radius 2 is 1.93 bits per heavy atom. The second-order valence-electron chi connectivity index (χ2n) is 3.12. The molecule has 0 N–H and O–H groups in total. The van der Waals surface area contributed by atoms with E-state index < -0.39 is 7.14 Å². The molecule has 0 amide bonds. The van der Waals surface area contributed by atoms with Gasteiger partial charge in [0.25, 0.3) is 0 Å². The quantitative estimate of drug-likeness (QED) is 0.772. The van der Waals surface area contributed by atoms with E-state index in [1.54, 1.807) is 12.1 Å². The summed E-state index contributed by atoms with van der Waals surface area (Å²) in [5, 5.41) is 0.380. The lowest BCUT2D eigenvalue weighted by Gasteiger charge is -2.15. The highest BCUT2D eigenvalue weighted by molar-refractivity contribution is 9.10. The molecule has 0 atom stereocenters. The summed E-state index contributed by atoms with van der Waals surface area (Å²) in [6.45, 7) is 3.68. The van der Waals surface area contributed by atoms with Gasteiger partial charge in [0.05, 0.1) is 0 Å². The summed E-state index contributed by atoms with van der Waals surface area (Å²) in [5.74, 6) is -0.369. The summed E-state index contributed by atoms with van der Waals surface area (Å²) in [6, 6.07) is 4.72. The molecular formula is C10H13BrFOP. The smallest absolute Gasteiger partial charge is 0.135 e. The molecule has 1 aromatic carbocycles. The van der Waals surface area contributed by atoms with E-state index in [0.717, 1.165) is 0 Å². The van der Waals surface area contributed by atoms with Crippen LogP contribution < -0.4 is 5.30 Å². The summed E-state index contributed by atoms with van der Waals surface area (Å²) in [5.41, 5.74) is 0. The van der Waals surface area contributed by atoms with Crippen molar-refractivity contribution in [2.45, 2.75) is 13.8 Å². The highest BCUT2D eigenvalue weighted by Gasteiger charge is 2.23. The average molecular weight is 279 g/mol. The number of benzene rings is 1. The second-order valence-corrected chi connectivity index (χ2v) is 7.56. The van der Waals surface area contributed by atoms with Gasteiger partial charge in [0.2, 0.25) is 0 Å². The van der Waals surface area contributed by atoms with Crippen LogP contribution in [0.15, 0.2) is 22.7 Å². The van der Waals surface area contributed by atoms with Gasteiger partial charge in [-0.3, -0.25) is 0 Å². The minimum Gasteiger partial charge on any atom is -0.319 e. The Morgan fingerprint density at radius 1 is 1.36 bits per heavy atom. The molecule has 1 nitrogen and oxygen atoms in total. The zero-order chi connectivity index (χ0) is 10.8. The van der Waals surface area contributed by atoms with Crippen molar-refractivity contribution >= 4 is 28.4 Å². The minimum absolute atomic E-state index is 0.369. The minimum atomic E-state index is -2.49. The lowest BCUT2D eigenvalue weighted by Crippen LogP contribution is -2.12. The Kier molecular flexibility index (Phi) is 3.91. The molecule has 14 heavy (non-hydrogen) atoms. The molecule has 78 valence electrons. The fraction of sp³-hybridized carbons (Fsp3) is 0.400. The molecule has 0 saturated carbocycles. The molecule has 1 aromatic rings. The fourth-order valence-electron chi connectivity index (χ4n) is 1.38. The molecular weight excluding hydrogens is 266 g/mol. The molecule has 0 radical (unpaired) electrons. The van der Waals surface area contributed by atoms with Crippen LogP contribution in [0.5, 0.6) is 0 Å². The first-order valence-electron chi connectivity index (χ1n) is 4.57. The molecule has 0 aliphatic carbocycles. The lowest BCUT2D eigenvalue weighted by molar-refractivity contribution is 0.579. The normalized spacial score (nSPS) is 11.7. The third-order valence-corrected chi connectivity index (χ3v) is 6.15. The van der Waals surface area contributed by atoms with Gasteiger partial charge in [-0.15, -0.1) is 0 Å². The van der Waals surface area contributed by atoms with Gasteiger partial charge in [-0.25, -0.2) is 4.39 Å². The molecule has 0 heterocycles. The average Bonchev–Trinajstić information content (AvgIpc) is 2.17. The Hall–Kier alpha value is -0.140. The summed E-state index contributed by atoms with van der Waals surface area (Å²) in [6.07, 6.45) is 1.03. The van der Waals surface area contributed by atoms with Gasteiger partial charge in [-0.05, 0) is 18.2 Å². The van der Waals surface area contributed by atoms with Gasteiger partial charge in [0.15, 0.2) is 0 Å². The van der Waals surface area contributed by atoms with Gasteiger partial charge < -0.3 is 4.57 Å². The van der Waals surface area contributed by atoms with Crippen LogP contribution in [0.25, 0.3) is 0 Å². The van der Waals surface area contributed by atoms with Crippen molar-refractivity contribution in [3.8, 4) is 0 Å². The first kappa shape index (κ1) is 11.9. The number of halogens is 2. The zero-order valence-electron chi connectivity index (χ0n) is 8.26. The van der Waals surface area contributed by atoms with E-state index in [-0.39, 0.29) is 5.82 Å². The van der Waals surface area contributed by atoms with E-state index in [4.69, 9.17) is 0 Å². The monoisotopic (exact) mass is 278 g/mol. The molecule has 1 rings (SSSR count). The molecule has 0 aliphatic heterocycles. The Labute approximate surface area is 92.2 Å². The molecule has 0 aliphatic rings. The second kappa shape index (κ2) is 4.59. The van der Waals surface area contributed by atoms with Crippen molar-refractivity contribution in [1.29, 1.82) is 0 Å². The van der Waals surface area contributed by atoms with Gasteiger partial charge in [-0.1, -0.05) is 29.8 Å². The number of rotatable bonds is 3. The molecule has 0 fully saturated rings. The van der Waals surface area contributed by atoms with Crippen LogP contribution in [0, 0.1) is 5.82 Å². The van der Waals surface area contributed by atoms with Gasteiger partial charge in [-0.2, -0.15) is 0 Å². The van der Waals surface area contributed by atoms with Crippen LogP contribution in [0.4, 0.5) is 4.39 Å². The Bertz CT molecular complexity index is 370. The first-order chi connectivity index (χ1) is 6.53. The molecule has 0 saturated heterocycles. The molecule has 4 heteroatoms. The van der Waals surface area contributed by atoms with E-state index >= 15 is 0 Å². The SMILES string of the molecule is CCP(=O)(CC)c1ccc(Br)cc1F. The van der Waals surface area contributed by atoms with E-state index in [1.807, 2.05) is 13.8 Å². The predicted octanol–water partition coefficient (Wildman–Crippen LogP) is 3.62. The summed E-state index contributed by atoms with van der Waals surface area (Å²) < 4.78 is 26.4. The largest absolute Gasteiger partial charge is 0.319 e. The van der Waals surface area contributed by atoms with Crippen molar-refractivity contribution in [2.24, 2.45) is 0 Å². The maximum Gasteiger partial charge on any atom is 0.135 e. The summed E-state index contributed by atoms with van der Waals surface area (Å²) >= 11 is 3.18. The van der Waals surface area contributed by atoms with Crippen molar-refractivity contribution in [3.05, 3.63) is 28.5 Å². The lowest BCUT2D eigenvalue weighted by atomic mass is 10.3. The third kappa shape index (κ3) is 2.26. The van der Waals surface area contributed by atoms with Gasteiger partial charge in [0, 0.05) is 22.1 Å². The van der Waals surface area contributed by atoms with Crippen LogP contribution in [0.2, 0.25) is 0 Å². The molecule has 0 aromatic heterocycles. The van der Waals surface area contributed by atoms with Crippen LogP contribution in [-0.4, -0.2) is 12.3 Å². The van der Waals surface area contributed by atoms with Gasteiger partial charge >= 0.3 is 0 Å². The van der Waals surface area contributed by atoms with Crippen molar-refractivity contribution in [3.63, 3.8) is 0 Å². The Morgan fingerprint density at radius 3 is 2.36 bits per heavy atom. The van der Waals surface area contributed by atoms with E-state index in [2.05, 4.69) is 15.9 Å². The van der Waals surface area contributed by atoms with Crippen molar-refractivity contribution < 1.29 is 8.96 Å². The van der Waals surface area contributed by atoms with E-state index in [9.17, 15) is 8.96 Å². The van der Waals surface area contributed by atoms with Crippen LogP contribution in [-0.2, 0) is 4.57 Å². The third-order valence-electron chi connectivity index (χ3n) is 2.37. The summed E-state index contributed by atoms with van der Waals surface area (Å²) in [7, 11) is -2.49. The molecule has 0 unspecified atom stereocenters. The van der Waals surface area contributed by atoms with Gasteiger partial charge in [0.1, 0.15) is 13.0 Å². The maximum atomic E-state index is 13.5. The summed E-state index contributed by atoms with van der Waals surface area (Å²) in [4.78, 5) is 0. The highest BCUT2D eigenvalue weighted by Crippen LogP contribution is 2.44. The maximum absolute atomic E-state index is 13.5. The topological polar surface area (TPSA) is 17.1 Å². The molecule has 0 spiro atoms. The van der Waals surface area contributed by atoms with Crippen LogP contribution in [0.3, 0.4) is 0 Å². The first-order valence-corrected chi connectivity index (χ1v) is 7.44. The molecule has 0 bridgehead atoms.